The number of rotatable bonds is 10. The zero-order valence-corrected chi connectivity index (χ0v) is 25.4. The van der Waals surface area contributed by atoms with E-state index in [-0.39, 0.29) is 36.7 Å². The lowest BCUT2D eigenvalue weighted by Crippen LogP contribution is -2.44. The normalized spacial score (nSPS) is 21.0. The SMILES string of the molecule is CC(=O)NCc1cccc(-c2cccc([C@@H]3O[C@H](CN(C)[C@@H](C)c4ccccc4)[C@H](C)[C@H](c4ccc(CO)cc4)O3)c2)c1. The van der Waals surface area contributed by atoms with Gasteiger partial charge in [0.2, 0.25) is 5.91 Å². The van der Waals surface area contributed by atoms with Crippen LogP contribution in [0.3, 0.4) is 0 Å². The highest BCUT2D eigenvalue weighted by Gasteiger charge is 2.39. The van der Waals surface area contributed by atoms with Gasteiger partial charge < -0.3 is 19.9 Å². The van der Waals surface area contributed by atoms with Crippen molar-refractivity contribution in [3.63, 3.8) is 0 Å². The van der Waals surface area contributed by atoms with Gasteiger partial charge in [-0.25, -0.2) is 0 Å². The van der Waals surface area contributed by atoms with Gasteiger partial charge in [0.05, 0.1) is 18.8 Å². The molecule has 0 unspecified atom stereocenters. The predicted molar refractivity (Wildman–Crippen MR) is 170 cm³/mol. The highest BCUT2D eigenvalue weighted by molar-refractivity contribution is 5.73. The highest BCUT2D eigenvalue weighted by atomic mass is 16.7. The first kappa shape index (κ1) is 30.6. The van der Waals surface area contributed by atoms with Crippen LogP contribution in [0.4, 0.5) is 0 Å². The van der Waals surface area contributed by atoms with Gasteiger partial charge in [-0.1, -0.05) is 97.9 Å². The Hall–Kier alpha value is -3.81. The molecule has 1 fully saturated rings. The molecule has 224 valence electrons. The molecule has 0 radical (unpaired) electrons. The Balaban J connectivity index is 1.42. The molecule has 1 aliphatic heterocycles. The second kappa shape index (κ2) is 14.1. The smallest absolute Gasteiger partial charge is 0.217 e. The Morgan fingerprint density at radius 2 is 1.56 bits per heavy atom. The zero-order valence-electron chi connectivity index (χ0n) is 25.4. The van der Waals surface area contributed by atoms with Crippen LogP contribution in [0.1, 0.15) is 67.0 Å². The van der Waals surface area contributed by atoms with E-state index >= 15 is 0 Å². The van der Waals surface area contributed by atoms with Gasteiger partial charge >= 0.3 is 0 Å². The maximum absolute atomic E-state index is 11.4. The highest BCUT2D eigenvalue weighted by Crippen LogP contribution is 2.42. The van der Waals surface area contributed by atoms with E-state index < -0.39 is 6.29 Å². The summed E-state index contributed by atoms with van der Waals surface area (Å²) in [5.41, 5.74) is 7.34. The quantitative estimate of drug-likeness (QED) is 0.213. The fraction of sp³-hybridized carbons (Fsp3) is 0.324. The Bertz CT molecular complexity index is 1490. The third kappa shape index (κ3) is 7.59. The van der Waals surface area contributed by atoms with Crippen molar-refractivity contribution in [3.05, 3.63) is 131 Å². The standard InChI is InChI=1S/C37H42N2O4/c1-25-35(23-39(4)26(2)30-11-6-5-7-12-30)42-37(43-36(25)31-18-16-28(24-40)17-19-31)34-15-9-14-33(21-34)32-13-8-10-29(20-32)22-38-27(3)41/h5-21,25-26,35-37,40H,22-24H2,1-4H3,(H,38,41)/t25-,26-,35+,36+,37+/m0/s1. The summed E-state index contributed by atoms with van der Waals surface area (Å²) in [4.78, 5) is 13.8. The van der Waals surface area contributed by atoms with E-state index in [4.69, 9.17) is 9.47 Å². The Morgan fingerprint density at radius 1 is 0.860 bits per heavy atom. The first-order valence-electron chi connectivity index (χ1n) is 15.0. The molecule has 5 atom stereocenters. The van der Waals surface area contributed by atoms with E-state index in [0.29, 0.717) is 6.54 Å². The molecule has 6 heteroatoms. The van der Waals surface area contributed by atoms with Gasteiger partial charge in [-0.2, -0.15) is 0 Å². The summed E-state index contributed by atoms with van der Waals surface area (Å²) < 4.78 is 13.5. The van der Waals surface area contributed by atoms with Crippen molar-refractivity contribution < 1.29 is 19.4 Å². The number of carbonyl (C=O) groups is 1. The van der Waals surface area contributed by atoms with Gasteiger partial charge in [-0.05, 0) is 59.5 Å². The number of amides is 1. The number of ether oxygens (including phenoxy) is 2. The maximum atomic E-state index is 11.4. The number of hydrogen-bond acceptors (Lipinski definition) is 5. The van der Waals surface area contributed by atoms with E-state index in [0.717, 1.165) is 39.9 Å². The molecule has 0 aliphatic carbocycles. The van der Waals surface area contributed by atoms with Crippen LogP contribution in [0.15, 0.2) is 103 Å². The monoisotopic (exact) mass is 578 g/mol. The lowest BCUT2D eigenvalue weighted by Gasteiger charge is -2.43. The minimum absolute atomic E-state index is 0.0106. The molecule has 4 aromatic rings. The van der Waals surface area contributed by atoms with Crippen LogP contribution in [0.5, 0.6) is 0 Å². The predicted octanol–water partition coefficient (Wildman–Crippen LogP) is 6.97. The third-order valence-corrected chi connectivity index (χ3v) is 8.50. The fourth-order valence-electron chi connectivity index (χ4n) is 5.71. The molecule has 1 saturated heterocycles. The molecule has 0 bridgehead atoms. The number of likely N-dealkylation sites (N-methyl/N-ethyl adjacent to an activating group) is 1. The summed E-state index contributed by atoms with van der Waals surface area (Å²) in [5, 5.41) is 12.5. The van der Waals surface area contributed by atoms with Gasteiger partial charge in [-0.3, -0.25) is 9.69 Å². The van der Waals surface area contributed by atoms with E-state index in [1.165, 1.54) is 12.5 Å². The number of nitrogens with zero attached hydrogens (tertiary/aromatic N) is 1. The molecule has 4 aromatic carbocycles. The molecule has 0 aromatic heterocycles. The van der Waals surface area contributed by atoms with E-state index in [1.54, 1.807) is 0 Å². The molecule has 2 N–H and O–H groups in total. The van der Waals surface area contributed by atoms with Crippen molar-refractivity contribution in [2.45, 2.75) is 58.5 Å². The molecule has 6 nitrogen and oxygen atoms in total. The number of aliphatic hydroxyl groups excluding tert-OH is 1. The molecule has 1 amide bonds. The van der Waals surface area contributed by atoms with Crippen molar-refractivity contribution in [1.29, 1.82) is 0 Å². The lowest BCUT2D eigenvalue weighted by atomic mass is 9.89. The summed E-state index contributed by atoms with van der Waals surface area (Å²) in [6.45, 7) is 7.20. The molecule has 5 rings (SSSR count). The zero-order chi connectivity index (χ0) is 30.3. The van der Waals surface area contributed by atoms with Crippen molar-refractivity contribution in [3.8, 4) is 11.1 Å². The van der Waals surface area contributed by atoms with Crippen molar-refractivity contribution >= 4 is 5.91 Å². The summed E-state index contributed by atoms with van der Waals surface area (Å²) in [7, 11) is 2.15. The van der Waals surface area contributed by atoms with Crippen LogP contribution in [0.25, 0.3) is 11.1 Å². The molecule has 1 aliphatic rings. The summed E-state index contributed by atoms with van der Waals surface area (Å²) >= 11 is 0. The van der Waals surface area contributed by atoms with Gasteiger partial charge in [0.15, 0.2) is 6.29 Å². The van der Waals surface area contributed by atoms with Crippen LogP contribution in [-0.2, 0) is 27.4 Å². The number of aliphatic hydroxyl groups is 1. The van der Waals surface area contributed by atoms with Crippen LogP contribution in [0.2, 0.25) is 0 Å². The minimum atomic E-state index is -0.549. The summed E-state index contributed by atoms with van der Waals surface area (Å²) in [6.07, 6.45) is -0.810. The van der Waals surface area contributed by atoms with E-state index in [9.17, 15) is 9.90 Å². The molecule has 0 spiro atoms. The van der Waals surface area contributed by atoms with Gasteiger partial charge in [-0.15, -0.1) is 0 Å². The first-order valence-corrected chi connectivity index (χ1v) is 15.0. The topological polar surface area (TPSA) is 71.0 Å². The largest absolute Gasteiger partial charge is 0.392 e. The van der Waals surface area contributed by atoms with Crippen molar-refractivity contribution in [2.24, 2.45) is 5.92 Å². The van der Waals surface area contributed by atoms with E-state index in [2.05, 4.69) is 97.8 Å². The van der Waals surface area contributed by atoms with Gasteiger partial charge in [0, 0.05) is 37.5 Å². The number of hydrogen-bond donors (Lipinski definition) is 2. The van der Waals surface area contributed by atoms with Crippen LogP contribution in [0, 0.1) is 5.92 Å². The number of nitrogens with one attached hydrogen (secondary N) is 1. The maximum Gasteiger partial charge on any atom is 0.217 e. The molecule has 43 heavy (non-hydrogen) atoms. The Labute approximate surface area is 255 Å². The van der Waals surface area contributed by atoms with Crippen LogP contribution in [-0.4, -0.2) is 35.6 Å². The van der Waals surface area contributed by atoms with Crippen molar-refractivity contribution in [2.75, 3.05) is 13.6 Å². The fourth-order valence-corrected chi connectivity index (χ4v) is 5.71. The molecular weight excluding hydrogens is 536 g/mol. The average molecular weight is 579 g/mol. The van der Waals surface area contributed by atoms with Gasteiger partial charge in [0.1, 0.15) is 0 Å². The Morgan fingerprint density at radius 3 is 2.26 bits per heavy atom. The number of benzene rings is 4. The Kier molecular flexibility index (Phi) is 10.1. The van der Waals surface area contributed by atoms with Crippen LogP contribution >= 0.6 is 0 Å². The lowest BCUT2D eigenvalue weighted by molar-refractivity contribution is -0.276. The summed E-state index contributed by atoms with van der Waals surface area (Å²) in [6, 6.07) is 35.3. The van der Waals surface area contributed by atoms with Crippen LogP contribution < -0.4 is 5.32 Å². The molecule has 1 heterocycles. The molecular formula is C37H42N2O4. The average Bonchev–Trinajstić information content (AvgIpc) is 3.05. The third-order valence-electron chi connectivity index (χ3n) is 8.50. The second-order valence-corrected chi connectivity index (χ2v) is 11.6. The van der Waals surface area contributed by atoms with Gasteiger partial charge in [0.25, 0.3) is 0 Å². The second-order valence-electron chi connectivity index (χ2n) is 11.6. The first-order chi connectivity index (χ1) is 20.8. The minimum Gasteiger partial charge on any atom is -0.392 e. The van der Waals surface area contributed by atoms with Crippen molar-refractivity contribution in [1.82, 2.24) is 10.2 Å². The van der Waals surface area contributed by atoms with E-state index in [1.807, 2.05) is 36.4 Å². The molecule has 0 saturated carbocycles. The number of carbonyl (C=O) groups excluding carboxylic acids is 1. The summed E-state index contributed by atoms with van der Waals surface area (Å²) in [5.74, 6) is 0.0439.